The number of benzene rings is 1. The molecule has 7 heteroatoms. The van der Waals surface area contributed by atoms with Crippen LogP contribution in [0.15, 0.2) is 29.1 Å². The summed E-state index contributed by atoms with van der Waals surface area (Å²) in [6.45, 7) is 2.51. The van der Waals surface area contributed by atoms with E-state index in [0.717, 1.165) is 35.2 Å². The van der Waals surface area contributed by atoms with Crippen molar-refractivity contribution in [2.24, 2.45) is 5.92 Å². The number of nitrogens with zero attached hydrogens (tertiary/aromatic N) is 3. The number of aromatic nitrogens is 3. The molecule has 1 aliphatic carbocycles. The maximum Gasteiger partial charge on any atom is 0.335 e. The van der Waals surface area contributed by atoms with Gasteiger partial charge in [-0.1, -0.05) is 24.3 Å². The first-order chi connectivity index (χ1) is 12.0. The van der Waals surface area contributed by atoms with Crippen molar-refractivity contribution in [3.63, 3.8) is 0 Å². The molecule has 0 fully saturated rings. The summed E-state index contributed by atoms with van der Waals surface area (Å²) in [7, 11) is 0. The number of carboxylic acids is 1. The number of carbonyl (C=O) groups is 1. The molecule has 0 radical (unpaired) electrons. The van der Waals surface area contributed by atoms with E-state index < -0.39 is 5.97 Å². The number of rotatable bonds is 3. The van der Waals surface area contributed by atoms with E-state index in [2.05, 4.69) is 17.2 Å². The minimum Gasteiger partial charge on any atom is -0.478 e. The number of carboxylic acid groups (broad SMARTS) is 1. The SMILES string of the molecule is CC1CCc2c(sc3nnn(Cc4ccc(C(=O)O)cc4)c(=O)c23)C1. The first kappa shape index (κ1) is 16.0. The molecule has 1 N–H and O–H groups in total. The first-order valence-electron chi connectivity index (χ1n) is 8.23. The average Bonchev–Trinajstić information content (AvgIpc) is 2.96. The second-order valence-electron chi connectivity index (χ2n) is 6.59. The van der Waals surface area contributed by atoms with Crippen molar-refractivity contribution < 1.29 is 9.90 Å². The van der Waals surface area contributed by atoms with Gasteiger partial charge >= 0.3 is 5.97 Å². The van der Waals surface area contributed by atoms with Crippen LogP contribution >= 0.6 is 11.3 Å². The molecule has 2 aromatic heterocycles. The lowest BCUT2D eigenvalue weighted by atomic mass is 9.89. The summed E-state index contributed by atoms with van der Waals surface area (Å²) < 4.78 is 1.36. The number of hydrogen-bond acceptors (Lipinski definition) is 5. The fraction of sp³-hybridized carbons (Fsp3) is 0.333. The summed E-state index contributed by atoms with van der Waals surface area (Å²) in [5.74, 6) is -0.326. The number of thiophene rings is 1. The number of fused-ring (bicyclic) bond motifs is 3. The molecule has 1 aromatic carbocycles. The molecule has 3 aromatic rings. The zero-order valence-electron chi connectivity index (χ0n) is 13.7. The zero-order valence-corrected chi connectivity index (χ0v) is 14.5. The Hall–Kier alpha value is -2.54. The molecule has 1 atom stereocenters. The van der Waals surface area contributed by atoms with Crippen LogP contribution in [0, 0.1) is 5.92 Å². The summed E-state index contributed by atoms with van der Waals surface area (Å²) >= 11 is 1.59. The van der Waals surface area contributed by atoms with E-state index in [1.807, 2.05) is 0 Å². The van der Waals surface area contributed by atoms with Crippen molar-refractivity contribution in [1.82, 2.24) is 15.0 Å². The standard InChI is InChI=1S/C18H17N3O3S/c1-10-2-7-13-14(8-10)25-16-15(13)17(22)21(20-19-16)9-11-3-5-12(6-4-11)18(23)24/h3-6,10H,2,7-9H2,1H3,(H,23,24). The van der Waals surface area contributed by atoms with Crippen LogP contribution in [0.1, 0.15) is 39.7 Å². The third-order valence-electron chi connectivity index (χ3n) is 4.72. The smallest absolute Gasteiger partial charge is 0.335 e. The van der Waals surface area contributed by atoms with E-state index in [-0.39, 0.29) is 17.7 Å². The van der Waals surface area contributed by atoms with Gasteiger partial charge in [-0.05, 0) is 48.4 Å². The lowest BCUT2D eigenvalue weighted by Gasteiger charge is -2.17. The van der Waals surface area contributed by atoms with Gasteiger partial charge in [0.1, 0.15) is 0 Å². The Morgan fingerprint density at radius 2 is 2.12 bits per heavy atom. The van der Waals surface area contributed by atoms with Crippen LogP contribution < -0.4 is 5.56 Å². The van der Waals surface area contributed by atoms with Gasteiger partial charge in [-0.25, -0.2) is 9.48 Å². The highest BCUT2D eigenvalue weighted by Gasteiger charge is 2.23. The van der Waals surface area contributed by atoms with Crippen molar-refractivity contribution in [3.05, 3.63) is 56.2 Å². The van der Waals surface area contributed by atoms with Gasteiger partial charge in [0.25, 0.3) is 5.56 Å². The second kappa shape index (κ2) is 6.07. The fourth-order valence-electron chi connectivity index (χ4n) is 3.32. The van der Waals surface area contributed by atoms with Crippen LogP contribution in [0.5, 0.6) is 0 Å². The molecule has 4 rings (SSSR count). The molecule has 0 amide bonds. The summed E-state index contributed by atoms with van der Waals surface area (Å²) in [5, 5.41) is 18.0. The van der Waals surface area contributed by atoms with Crippen LogP contribution in [0.2, 0.25) is 0 Å². The van der Waals surface area contributed by atoms with E-state index in [4.69, 9.17) is 5.11 Å². The minimum absolute atomic E-state index is 0.112. The predicted molar refractivity (Wildman–Crippen MR) is 95.4 cm³/mol. The van der Waals surface area contributed by atoms with Gasteiger partial charge in [-0.3, -0.25) is 4.79 Å². The van der Waals surface area contributed by atoms with E-state index in [1.165, 1.54) is 21.7 Å². The Bertz CT molecular complexity index is 1020. The Kier molecular flexibility index (Phi) is 3.88. The second-order valence-corrected chi connectivity index (χ2v) is 7.67. The molecule has 25 heavy (non-hydrogen) atoms. The molecule has 6 nitrogen and oxygen atoms in total. The predicted octanol–water partition coefficient (Wildman–Crippen LogP) is 2.72. The summed E-state index contributed by atoms with van der Waals surface area (Å²) in [4.78, 5) is 25.8. The van der Waals surface area contributed by atoms with Gasteiger partial charge in [0.05, 0.1) is 17.5 Å². The molecule has 2 heterocycles. The molecule has 0 bridgehead atoms. The topological polar surface area (TPSA) is 85.1 Å². The van der Waals surface area contributed by atoms with Crippen molar-refractivity contribution >= 4 is 27.5 Å². The third-order valence-corrected chi connectivity index (χ3v) is 5.86. The van der Waals surface area contributed by atoms with Gasteiger partial charge in [-0.2, -0.15) is 0 Å². The van der Waals surface area contributed by atoms with Gasteiger partial charge in [0, 0.05) is 4.88 Å². The highest BCUT2D eigenvalue weighted by Crippen LogP contribution is 2.35. The lowest BCUT2D eigenvalue weighted by molar-refractivity contribution is 0.0697. The average molecular weight is 355 g/mol. The molecule has 128 valence electrons. The Morgan fingerprint density at radius 3 is 2.84 bits per heavy atom. The van der Waals surface area contributed by atoms with E-state index in [1.54, 1.807) is 23.5 Å². The van der Waals surface area contributed by atoms with Crippen molar-refractivity contribution in [3.8, 4) is 0 Å². The quantitative estimate of drug-likeness (QED) is 0.781. The maximum absolute atomic E-state index is 12.9. The maximum atomic E-state index is 12.9. The number of aromatic carboxylic acids is 1. The van der Waals surface area contributed by atoms with Gasteiger partial charge < -0.3 is 5.11 Å². The fourth-order valence-corrected chi connectivity index (χ4v) is 4.64. The van der Waals surface area contributed by atoms with E-state index >= 15 is 0 Å². The zero-order chi connectivity index (χ0) is 17.6. The summed E-state index contributed by atoms with van der Waals surface area (Å²) in [6.07, 6.45) is 3.02. The molecular weight excluding hydrogens is 338 g/mol. The molecular formula is C18H17N3O3S. The van der Waals surface area contributed by atoms with Crippen LogP contribution in [0.3, 0.4) is 0 Å². The summed E-state index contributed by atoms with van der Waals surface area (Å²) in [6, 6.07) is 6.46. The molecule has 1 unspecified atom stereocenters. The van der Waals surface area contributed by atoms with Crippen LogP contribution in [-0.2, 0) is 19.4 Å². The minimum atomic E-state index is -0.968. The normalized spacial score (nSPS) is 16.8. The summed E-state index contributed by atoms with van der Waals surface area (Å²) in [5.41, 5.74) is 2.07. The largest absolute Gasteiger partial charge is 0.478 e. The van der Waals surface area contributed by atoms with Gasteiger partial charge in [-0.15, -0.1) is 16.4 Å². The first-order valence-corrected chi connectivity index (χ1v) is 9.05. The van der Waals surface area contributed by atoms with Gasteiger partial charge in [0.15, 0.2) is 4.83 Å². The Labute approximate surface area is 147 Å². The Balaban J connectivity index is 1.72. The highest BCUT2D eigenvalue weighted by molar-refractivity contribution is 7.18. The number of hydrogen-bond donors (Lipinski definition) is 1. The van der Waals surface area contributed by atoms with E-state index in [9.17, 15) is 9.59 Å². The van der Waals surface area contributed by atoms with Crippen LogP contribution in [0.4, 0.5) is 0 Å². The lowest BCUT2D eigenvalue weighted by Crippen LogP contribution is -2.25. The molecule has 0 spiro atoms. The Morgan fingerprint density at radius 1 is 1.36 bits per heavy atom. The van der Waals surface area contributed by atoms with Crippen molar-refractivity contribution in [2.75, 3.05) is 0 Å². The van der Waals surface area contributed by atoms with Crippen LogP contribution in [-0.4, -0.2) is 26.1 Å². The van der Waals surface area contributed by atoms with Gasteiger partial charge in [0.2, 0.25) is 0 Å². The van der Waals surface area contributed by atoms with E-state index in [0.29, 0.717) is 11.3 Å². The van der Waals surface area contributed by atoms with Crippen LogP contribution in [0.25, 0.3) is 10.2 Å². The molecule has 0 saturated carbocycles. The molecule has 0 aliphatic heterocycles. The molecule has 1 aliphatic rings. The number of aryl methyl sites for hydroxylation is 1. The highest BCUT2D eigenvalue weighted by atomic mass is 32.1. The molecule has 0 saturated heterocycles. The third kappa shape index (κ3) is 2.84. The van der Waals surface area contributed by atoms with Crippen molar-refractivity contribution in [1.29, 1.82) is 0 Å². The van der Waals surface area contributed by atoms with Crippen molar-refractivity contribution in [2.45, 2.75) is 32.7 Å². The monoisotopic (exact) mass is 355 g/mol.